The van der Waals surface area contributed by atoms with E-state index in [0.717, 1.165) is 24.0 Å². The number of carbonyl (C=O) groups excluding carboxylic acids is 1. The highest BCUT2D eigenvalue weighted by molar-refractivity contribution is 6.40. The normalized spacial score (nSPS) is 14.5. The summed E-state index contributed by atoms with van der Waals surface area (Å²) < 4.78 is 0. The summed E-state index contributed by atoms with van der Waals surface area (Å²) in [5.74, 6) is -0.0440. The van der Waals surface area contributed by atoms with Gasteiger partial charge in [-0.15, -0.1) is 0 Å². The second kappa shape index (κ2) is 7.52. The van der Waals surface area contributed by atoms with E-state index < -0.39 is 0 Å². The molecule has 1 aromatic carbocycles. The molecular formula is C17H18Cl2N2O. The van der Waals surface area contributed by atoms with Crippen LogP contribution in [0.5, 0.6) is 0 Å². The van der Waals surface area contributed by atoms with Gasteiger partial charge in [-0.25, -0.2) is 0 Å². The number of nitrogens with two attached hydrogens (primary N) is 1. The van der Waals surface area contributed by atoms with Gasteiger partial charge in [0.25, 0.3) is 0 Å². The van der Waals surface area contributed by atoms with Crippen LogP contribution in [-0.4, -0.2) is 5.91 Å². The van der Waals surface area contributed by atoms with Crippen LogP contribution < -0.4 is 11.1 Å². The molecule has 0 radical (unpaired) electrons. The highest BCUT2D eigenvalue weighted by Crippen LogP contribution is 2.30. The maximum atomic E-state index is 12.0. The molecule has 22 heavy (non-hydrogen) atoms. The Kier molecular flexibility index (Phi) is 5.69. The molecule has 0 atom stereocenters. The van der Waals surface area contributed by atoms with Crippen LogP contribution in [0.2, 0.25) is 0 Å². The zero-order chi connectivity index (χ0) is 16.1. The van der Waals surface area contributed by atoms with Crippen molar-refractivity contribution in [3.8, 4) is 0 Å². The minimum atomic E-state index is -0.0440. The van der Waals surface area contributed by atoms with Gasteiger partial charge in [0.05, 0.1) is 5.03 Å². The number of nitrogens with one attached hydrogen (secondary N) is 1. The summed E-state index contributed by atoms with van der Waals surface area (Å²) in [5, 5.41) is 4.13. The van der Waals surface area contributed by atoms with Crippen molar-refractivity contribution >= 4 is 46.6 Å². The molecule has 0 saturated heterocycles. The van der Waals surface area contributed by atoms with E-state index in [1.165, 1.54) is 0 Å². The number of amides is 1. The summed E-state index contributed by atoms with van der Waals surface area (Å²) in [6, 6.07) is 5.34. The van der Waals surface area contributed by atoms with Crippen molar-refractivity contribution in [2.75, 3.05) is 11.1 Å². The van der Waals surface area contributed by atoms with Crippen LogP contribution in [0.3, 0.4) is 0 Å². The number of benzene rings is 1. The van der Waals surface area contributed by atoms with Crippen molar-refractivity contribution in [3.05, 3.63) is 52.1 Å². The molecular weight excluding hydrogens is 319 g/mol. The van der Waals surface area contributed by atoms with Gasteiger partial charge in [-0.3, -0.25) is 4.79 Å². The second-order valence-electron chi connectivity index (χ2n) is 5.15. The molecule has 0 fully saturated rings. The minimum Gasteiger partial charge on any atom is -0.398 e. The first-order chi connectivity index (χ1) is 10.5. The zero-order valence-electron chi connectivity index (χ0n) is 12.2. The summed E-state index contributed by atoms with van der Waals surface area (Å²) in [5.41, 5.74) is 9.10. The third kappa shape index (κ3) is 4.39. The quantitative estimate of drug-likeness (QED) is 0.740. The Labute approximate surface area is 140 Å². The number of rotatable bonds is 5. The number of hydrogen-bond donors (Lipinski definition) is 2. The monoisotopic (exact) mass is 336 g/mol. The first-order valence-electron chi connectivity index (χ1n) is 7.05. The van der Waals surface area contributed by atoms with E-state index in [0.29, 0.717) is 34.3 Å². The van der Waals surface area contributed by atoms with Crippen LogP contribution in [0.4, 0.5) is 11.4 Å². The van der Waals surface area contributed by atoms with Crippen molar-refractivity contribution in [1.82, 2.24) is 0 Å². The van der Waals surface area contributed by atoms with Crippen molar-refractivity contribution in [2.24, 2.45) is 0 Å². The predicted octanol–water partition coefficient (Wildman–Crippen LogP) is 5.04. The number of carbonyl (C=O) groups is 1. The molecule has 1 aliphatic carbocycles. The fourth-order valence-electron chi connectivity index (χ4n) is 2.24. The number of allylic oxidation sites excluding steroid dienone is 4. The summed E-state index contributed by atoms with van der Waals surface area (Å²) in [6.45, 7) is 3.69. The molecule has 2 rings (SSSR count). The van der Waals surface area contributed by atoms with Gasteiger partial charge in [0.15, 0.2) is 0 Å². The maximum Gasteiger partial charge on any atom is 0.224 e. The van der Waals surface area contributed by atoms with Gasteiger partial charge in [0, 0.05) is 22.8 Å². The van der Waals surface area contributed by atoms with E-state index in [9.17, 15) is 4.79 Å². The molecule has 0 aliphatic heterocycles. The van der Waals surface area contributed by atoms with Crippen molar-refractivity contribution in [2.45, 2.75) is 25.7 Å². The lowest BCUT2D eigenvalue weighted by atomic mass is 10.00. The summed E-state index contributed by atoms with van der Waals surface area (Å²) in [4.78, 5) is 12.0. The highest BCUT2D eigenvalue weighted by Gasteiger charge is 2.12. The van der Waals surface area contributed by atoms with Gasteiger partial charge in [-0.05, 0) is 49.1 Å². The Balaban J connectivity index is 1.91. The standard InChI is InChI=1S/C17H18Cl2N2O/c1-2-12-10-13(5-7-16(12)20)21-17(22)8-4-11-3-6-14(18)15(19)9-11/h2,5,7,9-10H,1,3-4,6,8,20H2,(H,21,22). The molecule has 5 heteroatoms. The molecule has 0 aromatic heterocycles. The maximum absolute atomic E-state index is 12.0. The molecule has 1 aliphatic rings. The number of nitrogen functional groups attached to an aromatic ring is 1. The molecule has 1 aromatic rings. The average Bonchev–Trinajstić information content (AvgIpc) is 2.50. The molecule has 0 heterocycles. The van der Waals surface area contributed by atoms with Crippen LogP contribution in [0, 0.1) is 0 Å². The van der Waals surface area contributed by atoms with Crippen LogP contribution >= 0.6 is 23.2 Å². The van der Waals surface area contributed by atoms with Crippen LogP contribution in [-0.2, 0) is 4.79 Å². The summed E-state index contributed by atoms with van der Waals surface area (Å²) >= 11 is 12.0. The first-order valence-corrected chi connectivity index (χ1v) is 7.80. The van der Waals surface area contributed by atoms with Crippen molar-refractivity contribution < 1.29 is 4.79 Å². The van der Waals surface area contributed by atoms with E-state index in [2.05, 4.69) is 11.9 Å². The van der Waals surface area contributed by atoms with E-state index in [-0.39, 0.29) is 5.91 Å². The van der Waals surface area contributed by atoms with Gasteiger partial charge in [0.2, 0.25) is 5.91 Å². The third-order valence-corrected chi connectivity index (χ3v) is 4.35. The van der Waals surface area contributed by atoms with Gasteiger partial charge < -0.3 is 11.1 Å². The fraction of sp³-hybridized carbons (Fsp3) is 0.235. The number of halogens is 2. The van der Waals surface area contributed by atoms with Gasteiger partial charge in [0.1, 0.15) is 0 Å². The molecule has 0 saturated carbocycles. The molecule has 0 unspecified atom stereocenters. The Morgan fingerprint density at radius 2 is 2.14 bits per heavy atom. The topological polar surface area (TPSA) is 55.1 Å². The smallest absolute Gasteiger partial charge is 0.224 e. The predicted molar refractivity (Wildman–Crippen MR) is 94.9 cm³/mol. The SMILES string of the molecule is C=Cc1cc(NC(=O)CCC2=CC(Cl)=C(Cl)CC2)ccc1N. The molecule has 3 nitrogen and oxygen atoms in total. The van der Waals surface area contributed by atoms with E-state index >= 15 is 0 Å². The van der Waals surface area contributed by atoms with Crippen molar-refractivity contribution in [3.63, 3.8) is 0 Å². The Bertz CT molecular complexity index is 663. The van der Waals surface area contributed by atoms with Crippen molar-refractivity contribution in [1.29, 1.82) is 0 Å². The molecule has 0 spiro atoms. The lowest BCUT2D eigenvalue weighted by molar-refractivity contribution is -0.116. The van der Waals surface area contributed by atoms with E-state index in [1.54, 1.807) is 24.3 Å². The number of anilines is 2. The molecule has 116 valence electrons. The third-order valence-electron chi connectivity index (χ3n) is 3.52. The molecule has 1 amide bonds. The average molecular weight is 337 g/mol. The highest BCUT2D eigenvalue weighted by atomic mass is 35.5. The van der Waals surface area contributed by atoms with Crippen LogP contribution in [0.15, 0.2) is 46.5 Å². The van der Waals surface area contributed by atoms with E-state index in [1.807, 2.05) is 6.08 Å². The Morgan fingerprint density at radius 1 is 1.36 bits per heavy atom. The van der Waals surface area contributed by atoms with Gasteiger partial charge in [-0.2, -0.15) is 0 Å². The fourth-order valence-corrected chi connectivity index (χ4v) is 2.64. The second-order valence-corrected chi connectivity index (χ2v) is 6.01. The Morgan fingerprint density at radius 3 is 2.82 bits per heavy atom. The summed E-state index contributed by atoms with van der Waals surface area (Å²) in [7, 11) is 0. The lowest BCUT2D eigenvalue weighted by Gasteiger charge is -2.13. The minimum absolute atomic E-state index is 0.0440. The number of hydrogen-bond acceptors (Lipinski definition) is 2. The van der Waals surface area contributed by atoms with E-state index in [4.69, 9.17) is 28.9 Å². The lowest BCUT2D eigenvalue weighted by Crippen LogP contribution is -2.12. The van der Waals surface area contributed by atoms with Crippen LogP contribution in [0.1, 0.15) is 31.2 Å². The largest absolute Gasteiger partial charge is 0.398 e. The summed E-state index contributed by atoms with van der Waals surface area (Å²) in [6.07, 6.45) is 6.20. The van der Waals surface area contributed by atoms with Gasteiger partial charge >= 0.3 is 0 Å². The first kappa shape index (κ1) is 16.7. The molecule has 0 bridgehead atoms. The van der Waals surface area contributed by atoms with Gasteiger partial charge in [-0.1, -0.05) is 41.4 Å². The zero-order valence-corrected chi connectivity index (χ0v) is 13.7. The molecule has 3 N–H and O–H groups in total. The van der Waals surface area contributed by atoms with Crippen LogP contribution in [0.25, 0.3) is 6.08 Å². The Hall–Kier alpha value is -1.71.